The van der Waals surface area contributed by atoms with Crippen LogP contribution in [0.5, 0.6) is 0 Å². The standard InChI is InChI=1S/C23H19NO4/c25-21(14-17-8-3-1-4-9-17)24(20-13-7-12-19(16-20)23(27)28)22(26)15-18-10-5-2-6-11-18/h1-13,16H,14-15H2,(H,27,28). The highest BCUT2D eigenvalue weighted by atomic mass is 16.4. The fourth-order valence-electron chi connectivity index (χ4n) is 2.90. The van der Waals surface area contributed by atoms with Crippen LogP contribution >= 0.6 is 0 Å². The molecule has 0 radical (unpaired) electrons. The number of anilines is 1. The minimum absolute atomic E-state index is 0.0162. The summed E-state index contributed by atoms with van der Waals surface area (Å²) < 4.78 is 0. The van der Waals surface area contributed by atoms with E-state index in [-0.39, 0.29) is 24.1 Å². The first-order valence-corrected chi connectivity index (χ1v) is 8.81. The Balaban J connectivity index is 1.93. The first-order valence-electron chi connectivity index (χ1n) is 8.81. The van der Waals surface area contributed by atoms with Crippen molar-refractivity contribution < 1.29 is 19.5 Å². The van der Waals surface area contributed by atoms with Crippen molar-refractivity contribution in [2.45, 2.75) is 12.8 Å². The summed E-state index contributed by atoms with van der Waals surface area (Å²) in [6.45, 7) is 0. The molecule has 0 aliphatic rings. The maximum Gasteiger partial charge on any atom is 0.335 e. The van der Waals surface area contributed by atoms with Crippen LogP contribution in [0.25, 0.3) is 0 Å². The molecule has 0 heterocycles. The fraction of sp³-hybridized carbons (Fsp3) is 0.0870. The van der Waals surface area contributed by atoms with Crippen molar-refractivity contribution in [1.82, 2.24) is 0 Å². The highest BCUT2D eigenvalue weighted by molar-refractivity contribution is 6.16. The van der Waals surface area contributed by atoms with E-state index in [0.29, 0.717) is 0 Å². The molecule has 3 aromatic rings. The normalized spacial score (nSPS) is 10.3. The van der Waals surface area contributed by atoms with Crippen LogP contribution in [0.4, 0.5) is 5.69 Å². The summed E-state index contributed by atoms with van der Waals surface area (Å²) in [5.74, 6) is -1.93. The Hall–Kier alpha value is -3.73. The molecule has 140 valence electrons. The van der Waals surface area contributed by atoms with E-state index < -0.39 is 17.8 Å². The first kappa shape index (κ1) is 19.0. The van der Waals surface area contributed by atoms with Gasteiger partial charge >= 0.3 is 5.97 Å². The molecular formula is C23H19NO4. The van der Waals surface area contributed by atoms with Crippen LogP contribution in [0.3, 0.4) is 0 Å². The van der Waals surface area contributed by atoms with E-state index >= 15 is 0 Å². The molecule has 5 heteroatoms. The van der Waals surface area contributed by atoms with Crippen molar-refractivity contribution in [3.05, 3.63) is 102 Å². The number of carbonyl (C=O) groups is 3. The molecule has 1 N–H and O–H groups in total. The molecule has 0 aliphatic heterocycles. The number of imide groups is 1. The van der Waals surface area contributed by atoms with Gasteiger partial charge in [0.15, 0.2) is 0 Å². The lowest BCUT2D eigenvalue weighted by Gasteiger charge is -2.22. The summed E-state index contributed by atoms with van der Waals surface area (Å²) in [6.07, 6.45) is 0.0807. The van der Waals surface area contributed by atoms with Gasteiger partial charge in [0.05, 0.1) is 24.1 Å². The van der Waals surface area contributed by atoms with Crippen LogP contribution in [0.1, 0.15) is 21.5 Å². The lowest BCUT2D eigenvalue weighted by atomic mass is 10.1. The van der Waals surface area contributed by atoms with Gasteiger partial charge in [-0.05, 0) is 29.3 Å². The Morgan fingerprint density at radius 3 is 1.64 bits per heavy atom. The van der Waals surface area contributed by atoms with E-state index in [2.05, 4.69) is 0 Å². The van der Waals surface area contributed by atoms with Crippen LogP contribution < -0.4 is 4.90 Å². The SMILES string of the molecule is O=C(O)c1cccc(N(C(=O)Cc2ccccc2)C(=O)Cc2ccccc2)c1. The highest BCUT2D eigenvalue weighted by Gasteiger charge is 2.24. The predicted octanol–water partition coefficient (Wildman–Crippen LogP) is 3.73. The van der Waals surface area contributed by atoms with Gasteiger partial charge in [0.2, 0.25) is 11.8 Å². The van der Waals surface area contributed by atoms with E-state index in [0.717, 1.165) is 16.0 Å². The number of carboxylic acids is 1. The topological polar surface area (TPSA) is 74.7 Å². The third-order valence-electron chi connectivity index (χ3n) is 4.25. The fourth-order valence-corrected chi connectivity index (χ4v) is 2.90. The lowest BCUT2D eigenvalue weighted by Crippen LogP contribution is -2.39. The van der Waals surface area contributed by atoms with Crippen LogP contribution in [-0.4, -0.2) is 22.9 Å². The maximum atomic E-state index is 13.0. The molecule has 0 unspecified atom stereocenters. The van der Waals surface area contributed by atoms with Crippen molar-refractivity contribution in [2.24, 2.45) is 0 Å². The summed E-state index contributed by atoms with van der Waals surface area (Å²) in [5, 5.41) is 9.25. The van der Waals surface area contributed by atoms with Gasteiger partial charge in [-0.1, -0.05) is 66.7 Å². The number of benzene rings is 3. The average Bonchev–Trinajstić information content (AvgIpc) is 2.70. The predicted molar refractivity (Wildman–Crippen MR) is 106 cm³/mol. The van der Waals surface area contributed by atoms with Gasteiger partial charge in [-0.15, -0.1) is 0 Å². The van der Waals surface area contributed by atoms with Gasteiger partial charge < -0.3 is 5.11 Å². The molecule has 0 bridgehead atoms. The maximum absolute atomic E-state index is 13.0. The number of carboxylic acid groups (broad SMARTS) is 1. The first-order chi connectivity index (χ1) is 13.5. The minimum Gasteiger partial charge on any atom is -0.478 e. The number of hydrogen-bond donors (Lipinski definition) is 1. The van der Waals surface area contributed by atoms with Gasteiger partial charge in [0.25, 0.3) is 0 Å². The third kappa shape index (κ3) is 4.71. The van der Waals surface area contributed by atoms with Gasteiger partial charge in [-0.2, -0.15) is 0 Å². The van der Waals surface area contributed by atoms with Crippen molar-refractivity contribution in [2.75, 3.05) is 4.90 Å². The van der Waals surface area contributed by atoms with E-state index in [9.17, 15) is 19.5 Å². The van der Waals surface area contributed by atoms with E-state index in [1.165, 1.54) is 18.2 Å². The average molecular weight is 373 g/mol. The van der Waals surface area contributed by atoms with Crippen LogP contribution in [0.15, 0.2) is 84.9 Å². The second kappa shape index (κ2) is 8.77. The Kier molecular flexibility index (Phi) is 5.97. The molecule has 0 saturated carbocycles. The molecule has 3 rings (SSSR count). The second-order valence-corrected chi connectivity index (χ2v) is 6.30. The molecule has 0 aromatic heterocycles. The number of carbonyl (C=O) groups excluding carboxylic acids is 2. The number of amides is 2. The Labute approximate surface area is 162 Å². The van der Waals surface area contributed by atoms with E-state index in [4.69, 9.17) is 0 Å². The summed E-state index contributed by atoms with van der Waals surface area (Å²) in [5.41, 5.74) is 1.82. The van der Waals surface area contributed by atoms with E-state index in [1.54, 1.807) is 6.07 Å². The second-order valence-electron chi connectivity index (χ2n) is 6.30. The van der Waals surface area contributed by atoms with Crippen molar-refractivity contribution in [3.63, 3.8) is 0 Å². The Morgan fingerprint density at radius 1 is 0.679 bits per heavy atom. The number of nitrogens with zero attached hydrogens (tertiary/aromatic N) is 1. The number of aromatic carboxylic acids is 1. The van der Waals surface area contributed by atoms with Gasteiger partial charge in [0.1, 0.15) is 0 Å². The highest BCUT2D eigenvalue weighted by Crippen LogP contribution is 2.20. The largest absolute Gasteiger partial charge is 0.478 e. The summed E-state index contributed by atoms with van der Waals surface area (Å²) in [4.78, 5) is 38.4. The third-order valence-corrected chi connectivity index (χ3v) is 4.25. The van der Waals surface area contributed by atoms with Gasteiger partial charge in [-0.25, -0.2) is 9.69 Å². The molecule has 0 atom stereocenters. The lowest BCUT2D eigenvalue weighted by molar-refractivity contribution is -0.125. The molecule has 0 fully saturated rings. The molecule has 0 spiro atoms. The summed E-state index contributed by atoms with van der Waals surface area (Å²) in [7, 11) is 0. The van der Waals surface area contributed by atoms with Crippen molar-refractivity contribution in [1.29, 1.82) is 0 Å². The molecule has 0 aliphatic carbocycles. The molecule has 5 nitrogen and oxygen atoms in total. The summed E-state index contributed by atoms with van der Waals surface area (Å²) >= 11 is 0. The smallest absolute Gasteiger partial charge is 0.335 e. The molecule has 0 saturated heterocycles. The monoisotopic (exact) mass is 373 g/mol. The zero-order valence-electron chi connectivity index (χ0n) is 15.1. The molecule has 28 heavy (non-hydrogen) atoms. The quantitative estimate of drug-likeness (QED) is 0.714. The van der Waals surface area contributed by atoms with Crippen molar-refractivity contribution in [3.8, 4) is 0 Å². The Morgan fingerprint density at radius 2 is 1.18 bits per heavy atom. The van der Waals surface area contributed by atoms with Crippen LogP contribution in [0.2, 0.25) is 0 Å². The van der Waals surface area contributed by atoms with Crippen LogP contribution in [0, 0.1) is 0 Å². The number of hydrogen-bond acceptors (Lipinski definition) is 3. The van der Waals surface area contributed by atoms with Gasteiger partial charge in [-0.3, -0.25) is 9.59 Å². The summed E-state index contributed by atoms with van der Waals surface area (Å²) in [6, 6.07) is 24.1. The Bertz CT molecular complexity index is 930. The van der Waals surface area contributed by atoms with Crippen LogP contribution in [-0.2, 0) is 22.4 Å². The molecule has 3 aromatic carbocycles. The molecule has 2 amide bonds. The zero-order valence-corrected chi connectivity index (χ0v) is 15.1. The van der Waals surface area contributed by atoms with Crippen molar-refractivity contribution >= 4 is 23.5 Å². The zero-order chi connectivity index (χ0) is 19.9. The molecular weight excluding hydrogens is 354 g/mol. The number of rotatable bonds is 6. The minimum atomic E-state index is -1.12. The van der Waals surface area contributed by atoms with E-state index in [1.807, 2.05) is 60.7 Å². The van der Waals surface area contributed by atoms with Gasteiger partial charge in [0, 0.05) is 0 Å².